The van der Waals surface area contributed by atoms with E-state index in [2.05, 4.69) is 23.3 Å². The lowest BCUT2D eigenvalue weighted by molar-refractivity contribution is -0.143. The van der Waals surface area contributed by atoms with Gasteiger partial charge in [0.05, 0.1) is 26.4 Å². The normalized spacial score (nSPS) is 11.1. The van der Waals surface area contributed by atoms with Crippen LogP contribution in [0.1, 0.15) is 32.3 Å². The van der Waals surface area contributed by atoms with Crippen molar-refractivity contribution in [2.75, 3.05) is 26.9 Å². The maximum atomic E-state index is 11.8. The first-order valence-electron chi connectivity index (χ1n) is 9.35. The van der Waals surface area contributed by atoms with E-state index >= 15 is 0 Å². The van der Waals surface area contributed by atoms with Crippen molar-refractivity contribution in [3.63, 3.8) is 0 Å². The summed E-state index contributed by atoms with van der Waals surface area (Å²) in [5.74, 6) is 5.39. The zero-order valence-electron chi connectivity index (χ0n) is 16.9. The van der Waals surface area contributed by atoms with Crippen molar-refractivity contribution < 1.29 is 23.8 Å². The van der Waals surface area contributed by atoms with E-state index in [0.29, 0.717) is 26.1 Å². The summed E-state index contributed by atoms with van der Waals surface area (Å²) in [5, 5.41) is 0. The van der Waals surface area contributed by atoms with Crippen LogP contribution in [-0.2, 0) is 25.6 Å². The number of hydrogen-bond acceptors (Lipinski definition) is 6. The minimum atomic E-state index is -0.577. The zero-order chi connectivity index (χ0) is 20.8. The van der Waals surface area contributed by atoms with Gasteiger partial charge < -0.3 is 14.2 Å². The van der Waals surface area contributed by atoms with Gasteiger partial charge in [-0.15, -0.1) is 6.58 Å². The molecule has 6 heteroatoms. The lowest BCUT2D eigenvalue weighted by Crippen LogP contribution is -2.34. The van der Waals surface area contributed by atoms with Gasteiger partial charge >= 0.3 is 11.9 Å². The maximum Gasteiger partial charge on any atom is 0.384 e. The van der Waals surface area contributed by atoms with E-state index in [1.165, 1.54) is 0 Å². The minimum Gasteiger partial charge on any atom is -0.497 e. The molecule has 0 aliphatic rings. The summed E-state index contributed by atoms with van der Waals surface area (Å²) >= 11 is 0. The predicted octanol–water partition coefficient (Wildman–Crippen LogP) is 2.96. The Morgan fingerprint density at radius 2 is 1.86 bits per heavy atom. The topological polar surface area (TPSA) is 65.1 Å². The molecule has 0 bridgehead atoms. The molecule has 1 aromatic carbocycles. The first kappa shape index (κ1) is 23.3. The van der Waals surface area contributed by atoms with Crippen LogP contribution in [0.3, 0.4) is 0 Å². The summed E-state index contributed by atoms with van der Waals surface area (Å²) in [6.45, 7) is 9.04. The van der Waals surface area contributed by atoms with Crippen molar-refractivity contribution in [1.82, 2.24) is 4.90 Å². The molecule has 28 heavy (non-hydrogen) atoms. The molecule has 0 aromatic heterocycles. The highest BCUT2D eigenvalue weighted by molar-refractivity contribution is 5.88. The predicted molar refractivity (Wildman–Crippen MR) is 108 cm³/mol. The standard InChI is InChI=1S/C22H29NO5/c1-5-16-23(17-18-8-12-20(26-4)13-9-18)19(10-14-21(24)27-6-2)11-15-22(25)28-7-3/h5,8-9,12-13,19H,1,6-7,10,14,16-17H2,2-4H3. The number of nitrogens with zero attached hydrogens (tertiary/aromatic N) is 1. The SMILES string of the molecule is C=CCN(Cc1ccc(OC)cc1)C(C#CC(=O)OCC)CCC(=O)OCC. The number of methoxy groups -OCH3 is 1. The summed E-state index contributed by atoms with van der Waals surface area (Å²) in [5.41, 5.74) is 1.06. The number of benzene rings is 1. The summed E-state index contributed by atoms with van der Waals surface area (Å²) in [4.78, 5) is 25.5. The van der Waals surface area contributed by atoms with Gasteiger partial charge in [0.25, 0.3) is 0 Å². The Labute approximate surface area is 167 Å². The first-order valence-corrected chi connectivity index (χ1v) is 9.35. The molecule has 0 aliphatic carbocycles. The monoisotopic (exact) mass is 387 g/mol. The third-order valence-electron chi connectivity index (χ3n) is 3.89. The second-order valence-electron chi connectivity index (χ2n) is 5.92. The smallest absolute Gasteiger partial charge is 0.384 e. The molecular formula is C22H29NO5. The summed E-state index contributed by atoms with van der Waals surface area (Å²) < 4.78 is 15.1. The van der Waals surface area contributed by atoms with Crippen LogP contribution in [0, 0.1) is 11.8 Å². The first-order chi connectivity index (χ1) is 13.5. The van der Waals surface area contributed by atoms with Crippen LogP contribution in [0.2, 0.25) is 0 Å². The van der Waals surface area contributed by atoms with Crippen molar-refractivity contribution >= 4 is 11.9 Å². The highest BCUT2D eigenvalue weighted by atomic mass is 16.5. The van der Waals surface area contributed by atoms with Gasteiger partial charge in [-0.05, 0) is 38.0 Å². The summed E-state index contributed by atoms with van der Waals surface area (Å²) in [6.07, 6.45) is 2.43. The molecule has 0 N–H and O–H groups in total. The molecule has 0 aliphatic heterocycles. The second kappa shape index (κ2) is 13.4. The van der Waals surface area contributed by atoms with Crippen molar-refractivity contribution in [3.8, 4) is 17.6 Å². The van der Waals surface area contributed by atoms with Crippen molar-refractivity contribution in [2.24, 2.45) is 0 Å². The van der Waals surface area contributed by atoms with E-state index in [1.54, 1.807) is 27.0 Å². The minimum absolute atomic E-state index is 0.215. The van der Waals surface area contributed by atoms with Crippen LogP contribution in [0.15, 0.2) is 36.9 Å². The largest absolute Gasteiger partial charge is 0.497 e. The molecule has 0 heterocycles. The molecule has 6 nitrogen and oxygen atoms in total. The Bertz CT molecular complexity index is 687. The van der Waals surface area contributed by atoms with Gasteiger partial charge in [-0.1, -0.05) is 24.1 Å². The number of hydrogen-bond donors (Lipinski definition) is 0. The molecule has 1 unspecified atom stereocenters. The van der Waals surface area contributed by atoms with Gasteiger partial charge in [0.2, 0.25) is 0 Å². The van der Waals surface area contributed by atoms with Crippen LogP contribution in [-0.4, -0.2) is 49.7 Å². The number of carbonyl (C=O) groups excluding carboxylic acids is 2. The lowest BCUT2D eigenvalue weighted by Gasteiger charge is -2.27. The molecule has 0 saturated heterocycles. The zero-order valence-corrected chi connectivity index (χ0v) is 16.9. The second-order valence-corrected chi connectivity index (χ2v) is 5.92. The van der Waals surface area contributed by atoms with Gasteiger partial charge in [0.1, 0.15) is 5.75 Å². The molecule has 0 radical (unpaired) electrons. The third-order valence-corrected chi connectivity index (χ3v) is 3.89. The van der Waals surface area contributed by atoms with Crippen LogP contribution >= 0.6 is 0 Å². The van der Waals surface area contributed by atoms with Gasteiger partial charge in [-0.2, -0.15) is 0 Å². The van der Waals surface area contributed by atoms with Crippen LogP contribution in [0.5, 0.6) is 5.75 Å². The van der Waals surface area contributed by atoms with E-state index in [1.807, 2.05) is 24.3 Å². The van der Waals surface area contributed by atoms with Crippen molar-refractivity contribution in [2.45, 2.75) is 39.3 Å². The number of rotatable bonds is 11. The van der Waals surface area contributed by atoms with Gasteiger partial charge in [0, 0.05) is 25.4 Å². The van der Waals surface area contributed by atoms with E-state index in [4.69, 9.17) is 14.2 Å². The molecule has 0 amide bonds. The molecule has 0 spiro atoms. The number of carbonyl (C=O) groups is 2. The number of esters is 2. The molecule has 1 rings (SSSR count). The molecule has 152 valence electrons. The third kappa shape index (κ3) is 8.74. The van der Waals surface area contributed by atoms with Crippen molar-refractivity contribution in [3.05, 3.63) is 42.5 Å². The van der Waals surface area contributed by atoms with Crippen LogP contribution in [0.4, 0.5) is 0 Å². The average molecular weight is 387 g/mol. The fourth-order valence-electron chi connectivity index (χ4n) is 2.58. The van der Waals surface area contributed by atoms with Crippen molar-refractivity contribution in [1.29, 1.82) is 0 Å². The summed E-state index contributed by atoms with van der Waals surface area (Å²) in [7, 11) is 1.62. The average Bonchev–Trinajstić information content (AvgIpc) is 2.69. The quantitative estimate of drug-likeness (QED) is 0.252. The van der Waals surface area contributed by atoms with E-state index < -0.39 is 5.97 Å². The highest BCUT2D eigenvalue weighted by Crippen LogP contribution is 2.16. The Morgan fingerprint density at radius 1 is 1.18 bits per heavy atom. The highest BCUT2D eigenvalue weighted by Gasteiger charge is 2.18. The van der Waals surface area contributed by atoms with E-state index in [-0.39, 0.29) is 25.0 Å². The Morgan fingerprint density at radius 3 is 2.43 bits per heavy atom. The Balaban J connectivity index is 2.98. The fourth-order valence-corrected chi connectivity index (χ4v) is 2.58. The van der Waals surface area contributed by atoms with E-state index in [0.717, 1.165) is 11.3 Å². The molecular weight excluding hydrogens is 358 g/mol. The van der Waals surface area contributed by atoms with Gasteiger partial charge in [-0.3, -0.25) is 9.69 Å². The fraction of sp³-hybridized carbons (Fsp3) is 0.455. The lowest BCUT2D eigenvalue weighted by atomic mass is 10.1. The Kier molecular flexibility index (Phi) is 11.1. The van der Waals surface area contributed by atoms with E-state index in [9.17, 15) is 9.59 Å². The van der Waals surface area contributed by atoms with Crippen LogP contribution in [0.25, 0.3) is 0 Å². The Hall–Kier alpha value is -2.78. The molecule has 0 fully saturated rings. The van der Waals surface area contributed by atoms with Gasteiger partial charge in [0.15, 0.2) is 0 Å². The maximum absolute atomic E-state index is 11.8. The van der Waals surface area contributed by atoms with Crippen LogP contribution < -0.4 is 4.74 Å². The molecule has 1 aromatic rings. The summed E-state index contributed by atoms with van der Waals surface area (Å²) in [6, 6.07) is 7.39. The molecule has 0 saturated carbocycles. The van der Waals surface area contributed by atoms with Gasteiger partial charge in [-0.25, -0.2) is 4.79 Å². The molecule has 1 atom stereocenters. The number of ether oxygens (including phenoxy) is 3.